The molecule has 180 valence electrons. The summed E-state index contributed by atoms with van der Waals surface area (Å²) in [6.07, 6.45) is -1.01. The van der Waals surface area contributed by atoms with Crippen LogP contribution < -0.4 is 15.4 Å². The van der Waals surface area contributed by atoms with Gasteiger partial charge in [0.15, 0.2) is 16.2 Å². The Morgan fingerprint density at radius 2 is 1.79 bits per heavy atom. The van der Waals surface area contributed by atoms with Crippen LogP contribution in [-0.2, 0) is 28.7 Å². The maximum Gasteiger partial charge on any atom is 0.184 e. The van der Waals surface area contributed by atoms with Crippen LogP contribution >= 0.6 is 0 Å². The number of methoxy groups -OCH3 is 1. The fourth-order valence-corrected chi connectivity index (χ4v) is 5.49. The van der Waals surface area contributed by atoms with Gasteiger partial charge in [0.1, 0.15) is 5.75 Å². The van der Waals surface area contributed by atoms with Crippen molar-refractivity contribution in [1.82, 2.24) is 10.2 Å². The first kappa shape index (κ1) is 24.2. The number of hydrogen-bond acceptors (Lipinski definition) is 7. The van der Waals surface area contributed by atoms with E-state index in [4.69, 9.17) is 4.74 Å². The third-order valence-electron chi connectivity index (χ3n) is 6.35. The second-order valence-corrected chi connectivity index (χ2v) is 10.6. The highest BCUT2D eigenvalue weighted by Gasteiger charge is 2.22. The minimum Gasteiger partial charge on any atom is -0.495 e. The number of rotatable bonds is 9. The minimum absolute atomic E-state index is 0.0446. The van der Waals surface area contributed by atoms with Crippen LogP contribution in [0.25, 0.3) is 0 Å². The molecule has 8 heteroatoms. The molecule has 4 rings (SSSR count). The van der Waals surface area contributed by atoms with Gasteiger partial charge in [0, 0.05) is 25.2 Å². The van der Waals surface area contributed by atoms with Crippen molar-refractivity contribution in [3.63, 3.8) is 0 Å². The Labute approximate surface area is 201 Å². The molecular weight excluding hydrogens is 450 g/mol. The molecule has 2 unspecified atom stereocenters. The predicted molar refractivity (Wildman–Crippen MR) is 133 cm³/mol. The first-order valence-electron chi connectivity index (χ1n) is 11.2. The Hall–Kier alpha value is -2.91. The van der Waals surface area contributed by atoms with Crippen LogP contribution in [-0.4, -0.2) is 38.9 Å². The Kier molecular flexibility index (Phi) is 7.23. The van der Waals surface area contributed by atoms with Crippen molar-refractivity contribution in [3.8, 4) is 5.75 Å². The summed E-state index contributed by atoms with van der Waals surface area (Å²) in [6, 6.07) is 20.3. The van der Waals surface area contributed by atoms with E-state index in [0.29, 0.717) is 11.4 Å². The molecule has 3 aromatic rings. The highest BCUT2D eigenvalue weighted by Crippen LogP contribution is 2.31. The van der Waals surface area contributed by atoms with Gasteiger partial charge in [-0.15, -0.1) is 0 Å². The summed E-state index contributed by atoms with van der Waals surface area (Å²) in [5.74, 6) is 0.259. The zero-order valence-corrected chi connectivity index (χ0v) is 20.5. The number of nitrogens with zero attached hydrogens (tertiary/aromatic N) is 1. The molecule has 0 saturated heterocycles. The summed E-state index contributed by atoms with van der Waals surface area (Å²) < 4.78 is 31.7. The molecule has 0 spiro atoms. The summed E-state index contributed by atoms with van der Waals surface area (Å²) in [5.41, 5.74) is 4.69. The number of anilines is 1. The number of nitrogens with one attached hydrogen (secondary N) is 2. The normalized spacial score (nSPS) is 15.1. The van der Waals surface area contributed by atoms with E-state index in [0.717, 1.165) is 29.8 Å². The van der Waals surface area contributed by atoms with Crippen LogP contribution in [0.15, 0.2) is 71.6 Å². The molecule has 0 fully saturated rings. The van der Waals surface area contributed by atoms with Crippen molar-refractivity contribution in [2.45, 2.75) is 43.1 Å². The van der Waals surface area contributed by atoms with E-state index >= 15 is 0 Å². The highest BCUT2D eigenvalue weighted by atomic mass is 32.2. The van der Waals surface area contributed by atoms with Crippen LogP contribution in [0.5, 0.6) is 5.75 Å². The standard InChI is InChI=1S/C26H31N3O4S/c1-18(20-7-5-4-6-8-20)29(2)26(30)28-24-12-11-23(14-25(24)33-3)34(31,32)17-19-9-10-21-15-27-16-22(21)13-19/h4-14,18,26-28,30H,15-17H2,1-3H3. The summed E-state index contributed by atoms with van der Waals surface area (Å²) in [4.78, 5) is 1.95. The smallest absolute Gasteiger partial charge is 0.184 e. The fourth-order valence-electron chi connectivity index (χ4n) is 4.14. The van der Waals surface area contributed by atoms with Crippen LogP contribution in [0, 0.1) is 0 Å². The van der Waals surface area contributed by atoms with E-state index in [1.165, 1.54) is 18.7 Å². The van der Waals surface area contributed by atoms with E-state index < -0.39 is 16.2 Å². The van der Waals surface area contributed by atoms with E-state index in [-0.39, 0.29) is 16.7 Å². The van der Waals surface area contributed by atoms with E-state index in [2.05, 4.69) is 10.6 Å². The van der Waals surface area contributed by atoms with Crippen molar-refractivity contribution in [3.05, 3.63) is 89.0 Å². The Morgan fingerprint density at radius 1 is 1.06 bits per heavy atom. The zero-order valence-electron chi connectivity index (χ0n) is 19.7. The lowest BCUT2D eigenvalue weighted by atomic mass is 10.1. The number of benzene rings is 3. The van der Waals surface area contributed by atoms with E-state index in [9.17, 15) is 13.5 Å². The summed E-state index contributed by atoms with van der Waals surface area (Å²) in [7, 11) is -0.284. The average Bonchev–Trinajstić information content (AvgIpc) is 3.31. The van der Waals surface area contributed by atoms with Gasteiger partial charge in [-0.2, -0.15) is 0 Å². The molecular formula is C26H31N3O4S. The highest BCUT2D eigenvalue weighted by molar-refractivity contribution is 7.90. The summed E-state index contributed by atoms with van der Waals surface area (Å²) >= 11 is 0. The predicted octanol–water partition coefficient (Wildman–Crippen LogP) is 3.65. The molecule has 1 heterocycles. The van der Waals surface area contributed by atoms with Crippen molar-refractivity contribution in [1.29, 1.82) is 0 Å². The largest absolute Gasteiger partial charge is 0.495 e. The van der Waals surface area contributed by atoms with Crippen molar-refractivity contribution in [2.75, 3.05) is 19.5 Å². The lowest BCUT2D eigenvalue weighted by molar-refractivity contribution is 0.0198. The molecule has 3 N–H and O–H groups in total. The molecule has 0 aliphatic carbocycles. The van der Waals surface area contributed by atoms with Gasteiger partial charge in [0.05, 0.1) is 23.4 Å². The third-order valence-corrected chi connectivity index (χ3v) is 8.04. The monoisotopic (exact) mass is 481 g/mol. The zero-order chi connectivity index (χ0) is 24.3. The Morgan fingerprint density at radius 3 is 2.53 bits per heavy atom. The maximum atomic E-state index is 13.1. The van der Waals surface area contributed by atoms with Crippen molar-refractivity contribution in [2.24, 2.45) is 0 Å². The molecule has 1 aliphatic heterocycles. The molecule has 3 aromatic carbocycles. The van der Waals surface area contributed by atoms with Gasteiger partial charge in [0.2, 0.25) is 0 Å². The number of sulfone groups is 1. The van der Waals surface area contributed by atoms with Crippen LogP contribution in [0.1, 0.15) is 35.2 Å². The number of aliphatic hydroxyl groups excluding tert-OH is 1. The second-order valence-electron chi connectivity index (χ2n) is 8.60. The summed E-state index contributed by atoms with van der Waals surface area (Å²) in [5, 5.41) is 17.1. The van der Waals surface area contributed by atoms with Gasteiger partial charge in [-0.05, 0) is 48.4 Å². The molecule has 34 heavy (non-hydrogen) atoms. The molecule has 0 amide bonds. The minimum atomic E-state index is -3.58. The quantitative estimate of drug-likeness (QED) is 0.402. The Bertz CT molecular complexity index is 1250. The number of fused-ring (bicyclic) bond motifs is 1. The lowest BCUT2D eigenvalue weighted by Gasteiger charge is -2.31. The van der Waals surface area contributed by atoms with Crippen LogP contribution in [0.3, 0.4) is 0 Å². The van der Waals surface area contributed by atoms with Gasteiger partial charge < -0.3 is 20.5 Å². The SMILES string of the molecule is COc1cc(S(=O)(=O)Cc2ccc3c(c2)CNC3)ccc1NC(O)N(C)C(C)c1ccccc1. The van der Waals surface area contributed by atoms with E-state index in [1.807, 2.05) is 62.5 Å². The molecule has 0 radical (unpaired) electrons. The summed E-state index contributed by atoms with van der Waals surface area (Å²) in [6.45, 7) is 3.58. The van der Waals surface area contributed by atoms with Crippen molar-refractivity contribution < 1.29 is 18.3 Å². The van der Waals surface area contributed by atoms with Gasteiger partial charge >= 0.3 is 0 Å². The van der Waals surface area contributed by atoms with Gasteiger partial charge in [-0.25, -0.2) is 8.42 Å². The number of hydrogen-bond donors (Lipinski definition) is 3. The Balaban J connectivity index is 1.49. The number of ether oxygens (including phenoxy) is 1. The van der Waals surface area contributed by atoms with Crippen molar-refractivity contribution >= 4 is 15.5 Å². The van der Waals surface area contributed by atoms with Gasteiger partial charge in [-0.1, -0.05) is 48.5 Å². The first-order valence-corrected chi connectivity index (χ1v) is 12.9. The second kappa shape index (κ2) is 10.1. The lowest BCUT2D eigenvalue weighted by Crippen LogP contribution is -2.39. The maximum absolute atomic E-state index is 13.1. The first-order chi connectivity index (χ1) is 16.3. The molecule has 0 bridgehead atoms. The molecule has 0 saturated carbocycles. The van der Waals surface area contributed by atoms with E-state index in [1.54, 1.807) is 17.0 Å². The average molecular weight is 482 g/mol. The topological polar surface area (TPSA) is 90.9 Å². The molecule has 1 aliphatic rings. The third kappa shape index (κ3) is 5.26. The molecule has 2 atom stereocenters. The fraction of sp³-hybridized carbons (Fsp3) is 0.308. The van der Waals surface area contributed by atoms with Crippen LogP contribution in [0.4, 0.5) is 5.69 Å². The van der Waals surface area contributed by atoms with Crippen LogP contribution in [0.2, 0.25) is 0 Å². The number of aliphatic hydroxyl groups is 1. The molecule has 7 nitrogen and oxygen atoms in total. The van der Waals surface area contributed by atoms with Gasteiger partial charge in [0.25, 0.3) is 0 Å². The van der Waals surface area contributed by atoms with Gasteiger partial charge in [-0.3, -0.25) is 4.90 Å². The molecule has 0 aromatic heterocycles.